The molecule has 1 aromatic carbocycles. The summed E-state index contributed by atoms with van der Waals surface area (Å²) in [7, 11) is 0. The van der Waals surface area contributed by atoms with Gasteiger partial charge in [-0.15, -0.1) is 0 Å². The number of phenols is 1. The third-order valence-corrected chi connectivity index (χ3v) is 10.1. The van der Waals surface area contributed by atoms with E-state index in [0.29, 0.717) is 5.56 Å². The van der Waals surface area contributed by atoms with Crippen molar-refractivity contribution >= 4 is 34.7 Å². The highest BCUT2D eigenvalue weighted by Crippen LogP contribution is 2.67. The molecule has 1 unspecified atom stereocenters. The number of aromatic hydroxyl groups is 1. The van der Waals surface area contributed by atoms with Gasteiger partial charge in [-0.05, 0) is 24.3 Å². The molecule has 0 aliphatic heterocycles. The first kappa shape index (κ1) is 31.3. The Balaban J connectivity index is 2.02. The fraction of sp³-hybridized carbons (Fsp3) is 0.531. The van der Waals surface area contributed by atoms with Crippen molar-refractivity contribution in [1.29, 1.82) is 0 Å². The number of carbonyl (C=O) groups is 5. The van der Waals surface area contributed by atoms with Gasteiger partial charge in [0.25, 0.3) is 0 Å². The number of ketones is 5. The van der Waals surface area contributed by atoms with Crippen molar-refractivity contribution in [1.82, 2.24) is 0 Å². The molecule has 4 rings (SSSR count). The van der Waals surface area contributed by atoms with Gasteiger partial charge in [0.1, 0.15) is 34.4 Å². The lowest BCUT2D eigenvalue weighted by Gasteiger charge is -2.63. The van der Waals surface area contributed by atoms with E-state index in [-0.39, 0.29) is 36.2 Å². The summed E-state index contributed by atoms with van der Waals surface area (Å²) >= 11 is 0. The number of allylic oxidation sites excluding steroid dienone is 1. The minimum absolute atomic E-state index is 0.0997. The molecule has 0 aromatic heterocycles. The average Bonchev–Trinajstić information content (AvgIpc) is 2.89. The molecule has 3 aliphatic carbocycles. The molecule has 3 aliphatic rings. The molecule has 42 heavy (non-hydrogen) atoms. The number of Topliss-reactive ketones (excluding diaryl/α,β-unsaturated/α-hetero) is 5. The lowest BCUT2D eigenvalue weighted by molar-refractivity contribution is -0.215. The second kappa shape index (κ2) is 9.98. The molecule has 0 amide bonds. The SMILES string of the molecule is CCC(=O)CC(=O)Cc1ccc2c(c1O)C(O)=C1C(=O)[C@@]3(O)C(O)=C(C(C)=O)C(=O)C(C(C)C)[C@@]3(C)[C@H](O)[C@@]1(C)[C@@H]2C. The predicted molar refractivity (Wildman–Crippen MR) is 151 cm³/mol. The van der Waals surface area contributed by atoms with Crippen molar-refractivity contribution in [2.24, 2.45) is 22.7 Å². The molecule has 10 nitrogen and oxygen atoms in total. The summed E-state index contributed by atoms with van der Waals surface area (Å²) in [5.41, 5.74) is -7.60. The molecular weight excluding hydrogens is 544 g/mol. The molecule has 0 spiro atoms. The number of hydrogen-bond donors (Lipinski definition) is 5. The number of aliphatic hydroxyl groups is 4. The maximum absolute atomic E-state index is 14.5. The van der Waals surface area contributed by atoms with Gasteiger partial charge in [0.2, 0.25) is 5.78 Å². The zero-order chi connectivity index (χ0) is 31.9. The van der Waals surface area contributed by atoms with Crippen LogP contribution < -0.4 is 0 Å². The minimum atomic E-state index is -2.97. The fourth-order valence-corrected chi connectivity index (χ4v) is 7.73. The maximum atomic E-state index is 14.5. The summed E-state index contributed by atoms with van der Waals surface area (Å²) in [5.74, 6) is -8.71. The van der Waals surface area contributed by atoms with E-state index in [1.807, 2.05) is 0 Å². The van der Waals surface area contributed by atoms with Gasteiger partial charge in [-0.2, -0.15) is 0 Å². The Bertz CT molecular complexity index is 1510. The summed E-state index contributed by atoms with van der Waals surface area (Å²) in [4.78, 5) is 64.8. The van der Waals surface area contributed by atoms with E-state index in [2.05, 4.69) is 0 Å². The Labute approximate surface area is 243 Å². The molecule has 10 heteroatoms. The van der Waals surface area contributed by atoms with E-state index in [0.717, 1.165) is 6.92 Å². The highest BCUT2D eigenvalue weighted by molar-refractivity contribution is 6.24. The third kappa shape index (κ3) is 3.74. The van der Waals surface area contributed by atoms with Crippen LogP contribution >= 0.6 is 0 Å². The van der Waals surface area contributed by atoms with Gasteiger partial charge in [-0.1, -0.05) is 53.7 Å². The molecule has 0 radical (unpaired) electrons. The number of carbonyl (C=O) groups excluding carboxylic acids is 5. The molecule has 1 fully saturated rings. The van der Waals surface area contributed by atoms with E-state index < -0.39 is 91.8 Å². The Hall–Kier alpha value is -3.63. The standard InChI is InChI=1S/C32H38O10/c1-8-17(34)12-18(35)11-16-9-10-19-14(4)30(6)23(26(38)21(19)24(16)36)28(40)32(42)27(39)20(15(5)33)25(37)22(13(2)3)31(32,7)29(30)41/h9-10,13-14,22,29,36,38-39,41-42H,8,11-12H2,1-7H3/t14-,22?,29-,30+,31+,32+/m1/s1. The quantitative estimate of drug-likeness (QED) is 0.236. The van der Waals surface area contributed by atoms with Crippen LogP contribution in [0.2, 0.25) is 0 Å². The zero-order valence-corrected chi connectivity index (χ0v) is 24.9. The van der Waals surface area contributed by atoms with Gasteiger partial charge in [0.15, 0.2) is 17.2 Å². The minimum Gasteiger partial charge on any atom is -0.508 e. The van der Waals surface area contributed by atoms with Crippen LogP contribution in [0.15, 0.2) is 29.0 Å². The van der Waals surface area contributed by atoms with Gasteiger partial charge in [0.05, 0.1) is 23.7 Å². The van der Waals surface area contributed by atoms with Crippen molar-refractivity contribution < 1.29 is 49.5 Å². The van der Waals surface area contributed by atoms with Crippen LogP contribution in [0, 0.1) is 22.7 Å². The van der Waals surface area contributed by atoms with Crippen LogP contribution in [-0.2, 0) is 30.4 Å². The number of hydrogen-bond acceptors (Lipinski definition) is 10. The first-order chi connectivity index (χ1) is 19.3. The second-order valence-corrected chi connectivity index (χ2v) is 12.6. The smallest absolute Gasteiger partial charge is 0.203 e. The Kier molecular flexibility index (Phi) is 7.44. The van der Waals surface area contributed by atoms with E-state index in [1.165, 1.54) is 19.9 Å². The molecule has 0 saturated heterocycles. The van der Waals surface area contributed by atoms with E-state index in [1.54, 1.807) is 33.8 Å². The summed E-state index contributed by atoms with van der Waals surface area (Å²) in [5, 5.41) is 58.5. The summed E-state index contributed by atoms with van der Waals surface area (Å²) in [6.07, 6.45) is -2.19. The molecule has 0 heterocycles. The molecule has 5 N–H and O–H groups in total. The number of phenolic OH excluding ortho intramolecular Hbond substituents is 1. The van der Waals surface area contributed by atoms with Gasteiger partial charge in [0, 0.05) is 35.2 Å². The average molecular weight is 583 g/mol. The highest BCUT2D eigenvalue weighted by Gasteiger charge is 2.77. The molecule has 1 saturated carbocycles. The van der Waals surface area contributed by atoms with Crippen LogP contribution in [0.3, 0.4) is 0 Å². The van der Waals surface area contributed by atoms with Gasteiger partial charge in [-0.3, -0.25) is 24.0 Å². The van der Waals surface area contributed by atoms with Crippen LogP contribution in [-0.4, -0.2) is 66.2 Å². The van der Waals surface area contributed by atoms with E-state index in [9.17, 15) is 49.5 Å². The van der Waals surface area contributed by atoms with Crippen LogP contribution in [0.1, 0.15) is 83.9 Å². The van der Waals surface area contributed by atoms with Crippen LogP contribution in [0.5, 0.6) is 5.75 Å². The van der Waals surface area contributed by atoms with Crippen molar-refractivity contribution in [3.8, 4) is 5.75 Å². The molecule has 0 bridgehead atoms. The predicted octanol–water partition coefficient (Wildman–Crippen LogP) is 3.20. The van der Waals surface area contributed by atoms with Crippen molar-refractivity contribution in [2.75, 3.05) is 0 Å². The lowest BCUT2D eigenvalue weighted by Crippen LogP contribution is -2.75. The number of fused-ring (bicyclic) bond motifs is 3. The second-order valence-electron chi connectivity index (χ2n) is 12.6. The largest absolute Gasteiger partial charge is 0.508 e. The molecule has 6 atom stereocenters. The fourth-order valence-electron chi connectivity index (χ4n) is 7.73. The summed E-state index contributed by atoms with van der Waals surface area (Å²) < 4.78 is 0. The van der Waals surface area contributed by atoms with Crippen molar-refractivity contribution in [3.63, 3.8) is 0 Å². The highest BCUT2D eigenvalue weighted by atomic mass is 16.4. The summed E-state index contributed by atoms with van der Waals surface area (Å²) in [6.45, 7) is 10.4. The van der Waals surface area contributed by atoms with Crippen LogP contribution in [0.4, 0.5) is 0 Å². The normalized spacial score (nSPS) is 32.5. The molecule has 226 valence electrons. The van der Waals surface area contributed by atoms with Gasteiger partial charge < -0.3 is 25.5 Å². The number of benzene rings is 1. The van der Waals surface area contributed by atoms with Crippen molar-refractivity contribution in [2.45, 2.75) is 85.4 Å². The van der Waals surface area contributed by atoms with Gasteiger partial charge >= 0.3 is 0 Å². The van der Waals surface area contributed by atoms with E-state index >= 15 is 0 Å². The molecular formula is C32H38O10. The molecule has 1 aromatic rings. The number of aliphatic hydroxyl groups excluding tert-OH is 3. The van der Waals surface area contributed by atoms with Gasteiger partial charge in [-0.25, -0.2) is 0 Å². The Morgan fingerprint density at radius 1 is 1.02 bits per heavy atom. The maximum Gasteiger partial charge on any atom is 0.203 e. The Morgan fingerprint density at radius 2 is 1.62 bits per heavy atom. The van der Waals surface area contributed by atoms with Crippen molar-refractivity contribution in [3.05, 3.63) is 45.7 Å². The Morgan fingerprint density at radius 3 is 2.14 bits per heavy atom. The topological polar surface area (TPSA) is 186 Å². The summed E-state index contributed by atoms with van der Waals surface area (Å²) in [6, 6.07) is 3.03. The number of rotatable bonds is 7. The first-order valence-electron chi connectivity index (χ1n) is 14.1. The third-order valence-electron chi connectivity index (χ3n) is 10.1. The van der Waals surface area contributed by atoms with E-state index in [4.69, 9.17) is 0 Å². The van der Waals surface area contributed by atoms with Crippen LogP contribution in [0.25, 0.3) is 5.76 Å². The zero-order valence-electron chi connectivity index (χ0n) is 24.9. The monoisotopic (exact) mass is 582 g/mol. The first-order valence-corrected chi connectivity index (χ1v) is 14.1. The lowest BCUT2D eigenvalue weighted by atomic mass is 9.40.